The second-order valence-electron chi connectivity index (χ2n) is 7.48. The van der Waals surface area contributed by atoms with Gasteiger partial charge in [0.25, 0.3) is 0 Å². The van der Waals surface area contributed by atoms with Gasteiger partial charge in [-0.3, -0.25) is 0 Å². The fraction of sp³-hybridized carbons (Fsp3) is 0.579. The molecular weight excluding hydrogens is 242 g/mol. The number of likely N-dealkylation sites (N-methyl/N-ethyl adjacent to an activating group) is 1. The minimum Gasteiger partial charge on any atom is -0.316 e. The molecule has 1 aromatic rings. The van der Waals surface area contributed by atoms with Gasteiger partial charge in [0.1, 0.15) is 0 Å². The van der Waals surface area contributed by atoms with E-state index in [-0.39, 0.29) is 0 Å². The minimum atomic E-state index is 0.296. The average molecular weight is 271 g/mol. The summed E-state index contributed by atoms with van der Waals surface area (Å²) in [5.74, 6) is 0. The first-order valence-electron chi connectivity index (χ1n) is 7.75. The van der Waals surface area contributed by atoms with Crippen LogP contribution in [0.4, 0.5) is 0 Å². The number of hydrogen-bond donors (Lipinski definition) is 1. The van der Waals surface area contributed by atoms with Crippen LogP contribution in [-0.2, 0) is 10.8 Å². The highest BCUT2D eigenvalue weighted by Crippen LogP contribution is 2.46. The molecule has 0 saturated carbocycles. The van der Waals surface area contributed by atoms with Crippen LogP contribution in [0.1, 0.15) is 62.8 Å². The van der Waals surface area contributed by atoms with Gasteiger partial charge in [-0.2, -0.15) is 0 Å². The molecule has 1 N–H and O–H groups in total. The van der Waals surface area contributed by atoms with Crippen molar-refractivity contribution in [1.82, 2.24) is 5.32 Å². The van der Waals surface area contributed by atoms with Crippen molar-refractivity contribution >= 4 is 6.08 Å². The van der Waals surface area contributed by atoms with Gasteiger partial charge in [0.2, 0.25) is 0 Å². The van der Waals surface area contributed by atoms with Crippen molar-refractivity contribution in [1.29, 1.82) is 0 Å². The van der Waals surface area contributed by atoms with Gasteiger partial charge in [-0.05, 0) is 59.9 Å². The zero-order valence-electron chi connectivity index (χ0n) is 13.9. The van der Waals surface area contributed by atoms with Gasteiger partial charge < -0.3 is 5.32 Å². The van der Waals surface area contributed by atoms with Crippen LogP contribution in [0.25, 0.3) is 6.08 Å². The lowest BCUT2D eigenvalue weighted by molar-refractivity contribution is 0.331. The summed E-state index contributed by atoms with van der Waals surface area (Å²) in [5, 5.41) is 3.16. The summed E-state index contributed by atoms with van der Waals surface area (Å²) in [7, 11) is 1.98. The number of aryl methyl sites for hydroxylation is 1. The quantitative estimate of drug-likeness (QED) is 0.848. The summed E-state index contributed by atoms with van der Waals surface area (Å²) in [5.41, 5.74) is 6.46. The van der Waals surface area contributed by atoms with E-state index in [0.717, 1.165) is 6.54 Å². The first-order valence-corrected chi connectivity index (χ1v) is 7.75. The normalized spacial score (nSPS) is 20.1. The van der Waals surface area contributed by atoms with E-state index in [1.165, 1.54) is 24.0 Å². The largest absolute Gasteiger partial charge is 0.316 e. The van der Waals surface area contributed by atoms with Crippen molar-refractivity contribution in [2.24, 2.45) is 0 Å². The Labute approximate surface area is 124 Å². The first kappa shape index (κ1) is 15.3. The molecule has 0 unspecified atom stereocenters. The monoisotopic (exact) mass is 271 g/mol. The summed E-state index contributed by atoms with van der Waals surface area (Å²) in [6, 6.07) is 4.85. The van der Waals surface area contributed by atoms with Crippen LogP contribution >= 0.6 is 0 Å². The maximum atomic E-state index is 3.16. The lowest BCUT2D eigenvalue weighted by atomic mass is 9.62. The molecule has 0 spiro atoms. The van der Waals surface area contributed by atoms with Crippen molar-refractivity contribution < 1.29 is 0 Å². The molecule has 1 nitrogen and oxygen atoms in total. The third-order valence-electron chi connectivity index (χ3n) is 4.86. The van der Waals surface area contributed by atoms with Crippen molar-refractivity contribution in [2.75, 3.05) is 13.6 Å². The Morgan fingerprint density at radius 1 is 1.05 bits per heavy atom. The SMILES string of the molecule is CNCC=Cc1cc2c(cc1C)C(C)(C)CCC2(C)C. The highest BCUT2D eigenvalue weighted by molar-refractivity contribution is 5.59. The smallest absolute Gasteiger partial charge is 0.0135 e. The van der Waals surface area contributed by atoms with E-state index < -0.39 is 0 Å². The second-order valence-corrected chi connectivity index (χ2v) is 7.48. The molecule has 1 aromatic carbocycles. The molecule has 2 rings (SSSR count). The zero-order valence-corrected chi connectivity index (χ0v) is 13.9. The molecule has 110 valence electrons. The van der Waals surface area contributed by atoms with E-state index in [2.05, 4.69) is 64.2 Å². The predicted molar refractivity (Wildman–Crippen MR) is 89.4 cm³/mol. The number of benzene rings is 1. The van der Waals surface area contributed by atoms with Gasteiger partial charge in [0.15, 0.2) is 0 Å². The van der Waals surface area contributed by atoms with Gasteiger partial charge in [-0.1, -0.05) is 52.0 Å². The topological polar surface area (TPSA) is 12.0 Å². The summed E-state index contributed by atoms with van der Waals surface area (Å²) < 4.78 is 0. The number of hydrogen-bond acceptors (Lipinski definition) is 1. The predicted octanol–water partition coefficient (Wildman–Crippen LogP) is 4.58. The molecule has 0 heterocycles. The Bertz CT molecular complexity index is 521. The molecule has 0 fully saturated rings. The molecule has 0 aliphatic heterocycles. The number of rotatable bonds is 3. The van der Waals surface area contributed by atoms with Crippen LogP contribution in [0, 0.1) is 6.92 Å². The summed E-state index contributed by atoms with van der Waals surface area (Å²) in [6.07, 6.45) is 7.01. The molecule has 0 atom stereocenters. The highest BCUT2D eigenvalue weighted by atomic mass is 14.8. The number of nitrogens with one attached hydrogen (secondary N) is 1. The van der Waals surface area contributed by atoms with Crippen molar-refractivity contribution in [2.45, 2.75) is 58.3 Å². The molecule has 1 aliphatic rings. The molecule has 0 amide bonds. The minimum absolute atomic E-state index is 0.296. The maximum Gasteiger partial charge on any atom is 0.0135 e. The average Bonchev–Trinajstić information content (AvgIpc) is 2.37. The first-order chi connectivity index (χ1) is 9.28. The molecule has 0 aromatic heterocycles. The summed E-state index contributed by atoms with van der Waals surface area (Å²) in [4.78, 5) is 0. The zero-order chi connectivity index (χ0) is 15.0. The number of fused-ring (bicyclic) bond motifs is 1. The second kappa shape index (κ2) is 5.37. The van der Waals surface area contributed by atoms with E-state index in [4.69, 9.17) is 0 Å². The van der Waals surface area contributed by atoms with E-state index in [9.17, 15) is 0 Å². The van der Waals surface area contributed by atoms with Crippen LogP contribution in [0.3, 0.4) is 0 Å². The van der Waals surface area contributed by atoms with Gasteiger partial charge in [-0.25, -0.2) is 0 Å². The fourth-order valence-electron chi connectivity index (χ4n) is 3.22. The van der Waals surface area contributed by atoms with E-state index in [1.54, 1.807) is 11.1 Å². The van der Waals surface area contributed by atoms with Crippen LogP contribution in [-0.4, -0.2) is 13.6 Å². The van der Waals surface area contributed by atoms with Crippen LogP contribution in [0.15, 0.2) is 18.2 Å². The maximum absolute atomic E-state index is 3.16. The van der Waals surface area contributed by atoms with Gasteiger partial charge in [-0.15, -0.1) is 0 Å². The molecule has 20 heavy (non-hydrogen) atoms. The molecule has 0 saturated heterocycles. The molecule has 0 bridgehead atoms. The lowest BCUT2D eigenvalue weighted by Crippen LogP contribution is -2.34. The Kier molecular flexibility index (Phi) is 4.11. The van der Waals surface area contributed by atoms with E-state index in [0.29, 0.717) is 10.8 Å². The van der Waals surface area contributed by atoms with E-state index in [1.807, 2.05) is 7.05 Å². The van der Waals surface area contributed by atoms with Gasteiger partial charge in [0, 0.05) is 6.54 Å². The third-order valence-corrected chi connectivity index (χ3v) is 4.86. The van der Waals surface area contributed by atoms with Crippen molar-refractivity contribution in [3.8, 4) is 0 Å². The summed E-state index contributed by atoms with van der Waals surface area (Å²) >= 11 is 0. The van der Waals surface area contributed by atoms with Crippen LogP contribution in [0.2, 0.25) is 0 Å². The van der Waals surface area contributed by atoms with Gasteiger partial charge >= 0.3 is 0 Å². The Morgan fingerprint density at radius 2 is 1.60 bits per heavy atom. The highest BCUT2D eigenvalue weighted by Gasteiger charge is 2.37. The Balaban J connectivity index is 2.52. The van der Waals surface area contributed by atoms with Crippen molar-refractivity contribution in [3.63, 3.8) is 0 Å². The Morgan fingerprint density at radius 3 is 2.15 bits per heavy atom. The standard InChI is InChI=1S/C19H29N/c1-14-12-16-17(13-15(14)8-7-11-20-6)19(4,5)10-9-18(16,2)3/h7-8,12-13,20H,9-11H2,1-6H3. The van der Waals surface area contributed by atoms with Gasteiger partial charge in [0.05, 0.1) is 0 Å². The lowest BCUT2D eigenvalue weighted by Gasteiger charge is -2.42. The third kappa shape index (κ3) is 2.83. The van der Waals surface area contributed by atoms with E-state index >= 15 is 0 Å². The Hall–Kier alpha value is -1.08. The van der Waals surface area contributed by atoms with Crippen LogP contribution in [0.5, 0.6) is 0 Å². The molecule has 1 aliphatic carbocycles. The molecule has 0 radical (unpaired) electrons. The fourth-order valence-corrected chi connectivity index (χ4v) is 3.22. The van der Waals surface area contributed by atoms with Crippen LogP contribution < -0.4 is 5.32 Å². The summed E-state index contributed by atoms with van der Waals surface area (Å²) in [6.45, 7) is 12.7. The molecule has 1 heteroatoms. The van der Waals surface area contributed by atoms with Crippen molar-refractivity contribution in [3.05, 3.63) is 40.5 Å². The molecular formula is C19H29N.